The maximum Gasteiger partial charge on any atom is 0.316 e. The molecule has 4 heteroatoms. The summed E-state index contributed by atoms with van der Waals surface area (Å²) in [6, 6.07) is 0.757. The minimum Gasteiger partial charge on any atom is -0.413 e. The highest BCUT2D eigenvalue weighted by atomic mass is 28.3. The molecule has 2 atom stereocenters. The minimum absolute atomic E-state index is 0.184. The van der Waals surface area contributed by atoms with Crippen LogP contribution >= 0.6 is 0 Å². The second-order valence-electron chi connectivity index (χ2n) is 3.10. The highest BCUT2D eigenvalue weighted by Gasteiger charge is 2.16. The predicted octanol–water partition coefficient (Wildman–Crippen LogP) is -0.515. The third-order valence-corrected chi connectivity index (χ3v) is 3.04. The zero-order valence-electron chi connectivity index (χ0n) is 6.48. The Bertz CT molecular complexity index is 149. The summed E-state index contributed by atoms with van der Waals surface area (Å²) in [6.07, 6.45) is 5.95. The van der Waals surface area contributed by atoms with E-state index in [1.54, 1.807) is 0 Å². The van der Waals surface area contributed by atoms with Crippen molar-refractivity contribution in [2.75, 3.05) is 0 Å². The van der Waals surface area contributed by atoms with Crippen LogP contribution in [0.15, 0.2) is 12.2 Å². The van der Waals surface area contributed by atoms with E-state index in [0.717, 1.165) is 12.8 Å². The topological polar surface area (TPSA) is 66.5 Å². The molecule has 0 radical (unpaired) electrons. The van der Waals surface area contributed by atoms with Crippen molar-refractivity contribution in [3.8, 4) is 0 Å². The molecular weight excluding hydrogens is 158 g/mol. The summed E-state index contributed by atoms with van der Waals surface area (Å²) in [6.45, 7) is 0. The lowest BCUT2D eigenvalue weighted by atomic mass is 9.95. The van der Waals surface area contributed by atoms with Crippen LogP contribution in [0.5, 0.6) is 0 Å². The zero-order chi connectivity index (χ0) is 8.27. The summed E-state index contributed by atoms with van der Waals surface area (Å²) in [7, 11) is -2.36. The quantitative estimate of drug-likeness (QED) is 0.389. The fourth-order valence-electron chi connectivity index (χ4n) is 1.37. The van der Waals surface area contributed by atoms with Gasteiger partial charge < -0.3 is 15.3 Å². The van der Waals surface area contributed by atoms with Gasteiger partial charge in [-0.3, -0.25) is 0 Å². The highest BCUT2D eigenvalue weighted by Crippen LogP contribution is 2.20. The standard InChI is InChI=1S/C7H15NO2Si/c8-7-3-1-6(2-4-7)5-11(9)10/h1,3,6-7,9-11H,2,4-5,8H2. The first-order valence-electron chi connectivity index (χ1n) is 3.98. The van der Waals surface area contributed by atoms with E-state index in [-0.39, 0.29) is 6.04 Å². The molecule has 0 bridgehead atoms. The van der Waals surface area contributed by atoms with E-state index >= 15 is 0 Å². The SMILES string of the molecule is NC1C=CC(C[SiH](O)O)CC1. The molecule has 1 aliphatic rings. The van der Waals surface area contributed by atoms with Crippen LogP contribution in [0.2, 0.25) is 6.04 Å². The maximum atomic E-state index is 8.80. The van der Waals surface area contributed by atoms with Gasteiger partial charge in [-0.25, -0.2) is 0 Å². The van der Waals surface area contributed by atoms with Gasteiger partial charge in [0.1, 0.15) is 0 Å². The first-order valence-corrected chi connectivity index (χ1v) is 5.83. The van der Waals surface area contributed by atoms with Crippen molar-refractivity contribution in [3.63, 3.8) is 0 Å². The Hall–Kier alpha value is -0.163. The van der Waals surface area contributed by atoms with Crippen molar-refractivity contribution >= 4 is 9.28 Å². The molecule has 11 heavy (non-hydrogen) atoms. The molecule has 0 aliphatic heterocycles. The fraction of sp³-hybridized carbons (Fsp3) is 0.714. The van der Waals surface area contributed by atoms with Crippen LogP contribution in [0.4, 0.5) is 0 Å². The van der Waals surface area contributed by atoms with Gasteiger partial charge >= 0.3 is 9.28 Å². The number of allylic oxidation sites excluding steroid dienone is 1. The van der Waals surface area contributed by atoms with E-state index in [9.17, 15) is 0 Å². The molecule has 0 aromatic carbocycles. The maximum absolute atomic E-state index is 8.80. The van der Waals surface area contributed by atoms with Crippen molar-refractivity contribution < 1.29 is 9.59 Å². The molecule has 4 N–H and O–H groups in total. The first-order chi connectivity index (χ1) is 5.18. The van der Waals surface area contributed by atoms with Crippen molar-refractivity contribution in [3.05, 3.63) is 12.2 Å². The lowest BCUT2D eigenvalue weighted by Gasteiger charge is -2.19. The second-order valence-corrected chi connectivity index (χ2v) is 4.54. The number of hydrogen-bond acceptors (Lipinski definition) is 3. The number of nitrogens with two attached hydrogens (primary N) is 1. The van der Waals surface area contributed by atoms with Gasteiger partial charge in [0.15, 0.2) is 0 Å². The molecule has 1 aliphatic carbocycles. The first kappa shape index (κ1) is 8.93. The van der Waals surface area contributed by atoms with Crippen LogP contribution in [-0.4, -0.2) is 24.9 Å². The molecule has 1 rings (SSSR count). The van der Waals surface area contributed by atoms with Crippen LogP contribution in [-0.2, 0) is 0 Å². The minimum atomic E-state index is -2.36. The molecule has 0 saturated heterocycles. The summed E-state index contributed by atoms with van der Waals surface area (Å²) >= 11 is 0. The lowest BCUT2D eigenvalue weighted by molar-refractivity contribution is 0.387. The Morgan fingerprint density at radius 1 is 1.36 bits per heavy atom. The monoisotopic (exact) mass is 173 g/mol. The molecule has 0 aromatic rings. The Morgan fingerprint density at radius 2 is 2.09 bits per heavy atom. The van der Waals surface area contributed by atoms with Gasteiger partial charge in [0, 0.05) is 6.04 Å². The summed E-state index contributed by atoms with van der Waals surface area (Å²) in [5.41, 5.74) is 5.63. The zero-order valence-corrected chi connectivity index (χ0v) is 7.63. The van der Waals surface area contributed by atoms with Crippen molar-refractivity contribution in [2.45, 2.75) is 24.9 Å². The van der Waals surface area contributed by atoms with E-state index in [2.05, 4.69) is 0 Å². The lowest BCUT2D eigenvalue weighted by Crippen LogP contribution is -2.24. The van der Waals surface area contributed by atoms with Crippen LogP contribution < -0.4 is 5.73 Å². The van der Waals surface area contributed by atoms with Crippen LogP contribution in [0.25, 0.3) is 0 Å². The van der Waals surface area contributed by atoms with E-state index in [0.29, 0.717) is 12.0 Å². The van der Waals surface area contributed by atoms with Crippen LogP contribution in [0.1, 0.15) is 12.8 Å². The normalized spacial score (nSPS) is 31.3. The predicted molar refractivity (Wildman–Crippen MR) is 46.2 cm³/mol. The largest absolute Gasteiger partial charge is 0.413 e. The smallest absolute Gasteiger partial charge is 0.316 e. The Morgan fingerprint density at radius 3 is 2.55 bits per heavy atom. The number of hydrogen-bond donors (Lipinski definition) is 3. The molecule has 0 saturated carbocycles. The summed E-state index contributed by atoms with van der Waals surface area (Å²) in [4.78, 5) is 17.6. The molecule has 0 spiro atoms. The summed E-state index contributed by atoms with van der Waals surface area (Å²) < 4.78 is 0. The Labute approximate surface area is 68.4 Å². The van der Waals surface area contributed by atoms with E-state index in [1.165, 1.54) is 0 Å². The van der Waals surface area contributed by atoms with Crippen molar-refractivity contribution in [2.24, 2.45) is 11.7 Å². The molecule has 64 valence electrons. The third-order valence-electron chi connectivity index (χ3n) is 2.01. The highest BCUT2D eigenvalue weighted by molar-refractivity contribution is 6.41. The van der Waals surface area contributed by atoms with Crippen LogP contribution in [0.3, 0.4) is 0 Å². The Balaban J connectivity index is 2.32. The van der Waals surface area contributed by atoms with Gasteiger partial charge in [-0.2, -0.15) is 0 Å². The average molecular weight is 173 g/mol. The molecule has 2 unspecified atom stereocenters. The van der Waals surface area contributed by atoms with E-state index < -0.39 is 9.28 Å². The van der Waals surface area contributed by atoms with E-state index in [1.807, 2.05) is 12.2 Å². The molecule has 3 nitrogen and oxygen atoms in total. The molecule has 0 amide bonds. The molecule has 0 aromatic heterocycles. The van der Waals surface area contributed by atoms with Crippen molar-refractivity contribution in [1.82, 2.24) is 0 Å². The van der Waals surface area contributed by atoms with Gasteiger partial charge in [0.2, 0.25) is 0 Å². The molecule has 0 heterocycles. The molecule has 0 fully saturated rings. The third kappa shape index (κ3) is 3.16. The number of rotatable bonds is 2. The second kappa shape index (κ2) is 4.01. The van der Waals surface area contributed by atoms with Gasteiger partial charge in [-0.1, -0.05) is 12.2 Å². The summed E-state index contributed by atoms with van der Waals surface area (Å²) in [5, 5.41) is 0. The van der Waals surface area contributed by atoms with Gasteiger partial charge in [0.05, 0.1) is 0 Å². The van der Waals surface area contributed by atoms with Gasteiger partial charge in [-0.05, 0) is 24.8 Å². The summed E-state index contributed by atoms with van der Waals surface area (Å²) in [5.74, 6) is 0.362. The fourth-order valence-corrected chi connectivity index (χ4v) is 2.30. The van der Waals surface area contributed by atoms with Crippen LogP contribution in [0, 0.1) is 5.92 Å². The average Bonchev–Trinajstić information content (AvgIpc) is 1.93. The van der Waals surface area contributed by atoms with Gasteiger partial charge in [0.25, 0.3) is 0 Å². The van der Waals surface area contributed by atoms with E-state index in [4.69, 9.17) is 15.3 Å². The molecular formula is C7H15NO2Si. The van der Waals surface area contributed by atoms with Crippen molar-refractivity contribution in [1.29, 1.82) is 0 Å². The van der Waals surface area contributed by atoms with Gasteiger partial charge in [-0.15, -0.1) is 0 Å². The Kier molecular flexibility index (Phi) is 3.26.